The quantitative estimate of drug-likeness (QED) is 0.839. The molecule has 19 heavy (non-hydrogen) atoms. The minimum absolute atomic E-state index is 0.0673. The highest BCUT2D eigenvalue weighted by Crippen LogP contribution is 2.23. The first kappa shape index (κ1) is 16.7. The van der Waals surface area contributed by atoms with Crippen molar-refractivity contribution in [2.75, 3.05) is 26.2 Å². The molecule has 0 aliphatic carbocycles. The van der Waals surface area contributed by atoms with E-state index in [4.69, 9.17) is 0 Å². The number of ether oxygens (including phenoxy) is 1. The van der Waals surface area contributed by atoms with Crippen molar-refractivity contribution in [1.82, 2.24) is 10.2 Å². The summed E-state index contributed by atoms with van der Waals surface area (Å²) in [4.78, 5) is 2.12. The highest BCUT2D eigenvalue weighted by molar-refractivity contribution is 4.93. The summed E-state index contributed by atoms with van der Waals surface area (Å²) in [5, 5.41) is 3.46. The molecule has 1 aliphatic heterocycles. The van der Waals surface area contributed by atoms with Gasteiger partial charge in [0.1, 0.15) is 0 Å². The fourth-order valence-corrected chi connectivity index (χ4v) is 2.55. The molecule has 1 fully saturated rings. The maximum absolute atomic E-state index is 12.0. The van der Waals surface area contributed by atoms with Gasteiger partial charge < -0.3 is 5.32 Å². The minimum Gasteiger partial charge on any atom is -0.309 e. The van der Waals surface area contributed by atoms with Crippen LogP contribution in [0.15, 0.2) is 0 Å². The highest BCUT2D eigenvalue weighted by Gasteiger charge is 2.35. The van der Waals surface area contributed by atoms with E-state index in [1.165, 1.54) is 0 Å². The Hall–Kier alpha value is -0.330. The van der Waals surface area contributed by atoms with Crippen molar-refractivity contribution in [3.05, 3.63) is 0 Å². The van der Waals surface area contributed by atoms with Crippen LogP contribution in [0.25, 0.3) is 0 Å². The van der Waals surface area contributed by atoms with Gasteiger partial charge in [-0.25, -0.2) is 0 Å². The summed E-state index contributed by atoms with van der Waals surface area (Å²) >= 11 is 0. The Balaban J connectivity index is 2.56. The van der Waals surface area contributed by atoms with Crippen LogP contribution in [0.4, 0.5) is 13.2 Å². The van der Waals surface area contributed by atoms with Crippen molar-refractivity contribution in [3.63, 3.8) is 0 Å². The van der Waals surface area contributed by atoms with Gasteiger partial charge in [-0.1, -0.05) is 20.3 Å². The van der Waals surface area contributed by atoms with E-state index >= 15 is 0 Å². The van der Waals surface area contributed by atoms with E-state index in [1.54, 1.807) is 0 Å². The molecule has 0 aromatic carbocycles. The molecule has 2 unspecified atom stereocenters. The summed E-state index contributed by atoms with van der Waals surface area (Å²) < 4.78 is 40.0. The van der Waals surface area contributed by atoms with Gasteiger partial charge in [-0.05, 0) is 19.8 Å². The SMILES string of the molecule is CCC(C)C1CNC(C)(C)CN1CCOC(F)(F)F. The van der Waals surface area contributed by atoms with E-state index in [-0.39, 0.29) is 18.2 Å². The van der Waals surface area contributed by atoms with Crippen LogP contribution in [0, 0.1) is 5.92 Å². The van der Waals surface area contributed by atoms with Gasteiger partial charge in [-0.2, -0.15) is 0 Å². The number of hydrogen-bond acceptors (Lipinski definition) is 3. The molecule has 1 saturated heterocycles. The summed E-state index contributed by atoms with van der Waals surface area (Å²) in [5.41, 5.74) is -0.0673. The van der Waals surface area contributed by atoms with Crippen molar-refractivity contribution < 1.29 is 17.9 Å². The Morgan fingerprint density at radius 3 is 2.58 bits per heavy atom. The molecule has 6 heteroatoms. The molecule has 2 atom stereocenters. The van der Waals surface area contributed by atoms with Crippen molar-refractivity contribution in [1.29, 1.82) is 0 Å². The molecule has 114 valence electrons. The van der Waals surface area contributed by atoms with Crippen molar-refractivity contribution in [3.8, 4) is 0 Å². The lowest BCUT2D eigenvalue weighted by Crippen LogP contribution is -2.63. The third-order valence-electron chi connectivity index (χ3n) is 3.80. The van der Waals surface area contributed by atoms with Crippen LogP contribution in [0.5, 0.6) is 0 Å². The lowest BCUT2D eigenvalue weighted by atomic mass is 9.91. The van der Waals surface area contributed by atoms with Crippen molar-refractivity contribution >= 4 is 0 Å². The highest BCUT2D eigenvalue weighted by atomic mass is 19.4. The zero-order valence-electron chi connectivity index (χ0n) is 12.2. The molecule has 0 aromatic heterocycles. The summed E-state index contributed by atoms with van der Waals surface area (Å²) in [7, 11) is 0. The van der Waals surface area contributed by atoms with E-state index in [0.717, 1.165) is 19.5 Å². The summed E-state index contributed by atoms with van der Waals surface area (Å²) in [6, 6.07) is 0.273. The van der Waals surface area contributed by atoms with Gasteiger partial charge in [0.25, 0.3) is 0 Å². The van der Waals surface area contributed by atoms with Gasteiger partial charge in [0.2, 0.25) is 0 Å². The van der Waals surface area contributed by atoms with E-state index in [2.05, 4.69) is 42.6 Å². The van der Waals surface area contributed by atoms with E-state index in [0.29, 0.717) is 12.5 Å². The summed E-state index contributed by atoms with van der Waals surface area (Å²) in [6.45, 7) is 9.95. The molecule has 0 radical (unpaired) electrons. The number of alkyl halides is 3. The number of halogens is 3. The van der Waals surface area contributed by atoms with Crippen LogP contribution >= 0.6 is 0 Å². The first-order valence-corrected chi connectivity index (χ1v) is 6.84. The zero-order chi connectivity index (χ0) is 14.7. The molecule has 0 bridgehead atoms. The summed E-state index contributed by atoms with van der Waals surface area (Å²) in [6.07, 6.45) is -3.52. The Morgan fingerprint density at radius 1 is 1.42 bits per heavy atom. The third kappa shape index (κ3) is 5.67. The number of rotatable bonds is 5. The number of piperazine rings is 1. The van der Waals surface area contributed by atoms with Gasteiger partial charge in [-0.3, -0.25) is 9.64 Å². The zero-order valence-corrected chi connectivity index (χ0v) is 12.2. The fourth-order valence-electron chi connectivity index (χ4n) is 2.55. The monoisotopic (exact) mass is 282 g/mol. The largest absolute Gasteiger partial charge is 0.522 e. The molecule has 0 aromatic rings. The van der Waals surface area contributed by atoms with Gasteiger partial charge in [0.15, 0.2) is 0 Å². The average Bonchev–Trinajstić information content (AvgIpc) is 2.25. The fraction of sp³-hybridized carbons (Fsp3) is 1.00. The van der Waals surface area contributed by atoms with Gasteiger partial charge >= 0.3 is 6.36 Å². The van der Waals surface area contributed by atoms with Gasteiger partial charge in [-0.15, -0.1) is 13.2 Å². The van der Waals surface area contributed by atoms with Gasteiger partial charge in [0, 0.05) is 31.2 Å². The van der Waals surface area contributed by atoms with Crippen LogP contribution in [0.1, 0.15) is 34.1 Å². The molecule has 0 saturated carbocycles. The lowest BCUT2D eigenvalue weighted by Gasteiger charge is -2.46. The molecule has 1 rings (SSSR count). The second kappa shape index (κ2) is 6.41. The summed E-state index contributed by atoms with van der Waals surface area (Å²) in [5.74, 6) is 0.453. The minimum atomic E-state index is -4.53. The number of nitrogens with one attached hydrogen (secondary N) is 1. The Bertz CT molecular complexity index is 282. The molecular formula is C13H25F3N2O. The predicted octanol–water partition coefficient (Wildman–Crippen LogP) is 2.62. The van der Waals surface area contributed by atoms with E-state index in [1.807, 2.05) is 0 Å². The van der Waals surface area contributed by atoms with Crippen molar-refractivity contribution in [2.45, 2.75) is 52.1 Å². The molecular weight excluding hydrogens is 257 g/mol. The molecule has 1 aliphatic rings. The first-order valence-electron chi connectivity index (χ1n) is 6.84. The second-order valence-corrected chi connectivity index (χ2v) is 5.98. The van der Waals surface area contributed by atoms with Crippen LogP contribution in [-0.4, -0.2) is 49.1 Å². The maximum Gasteiger partial charge on any atom is 0.522 e. The number of hydrogen-bond donors (Lipinski definition) is 1. The first-order chi connectivity index (χ1) is 8.64. The van der Waals surface area contributed by atoms with E-state index < -0.39 is 6.36 Å². The van der Waals surface area contributed by atoms with Crippen LogP contribution in [0.2, 0.25) is 0 Å². The van der Waals surface area contributed by atoms with Gasteiger partial charge in [0.05, 0.1) is 6.61 Å². The Labute approximate surface area is 113 Å². The second-order valence-electron chi connectivity index (χ2n) is 5.98. The molecule has 1 N–H and O–H groups in total. The smallest absolute Gasteiger partial charge is 0.309 e. The average molecular weight is 282 g/mol. The predicted molar refractivity (Wildman–Crippen MR) is 68.9 cm³/mol. The standard InChI is InChI=1S/C13H25F3N2O/c1-5-10(2)11-8-17-12(3,4)9-18(11)6-7-19-13(14,15)16/h10-11,17H,5-9H2,1-4H3. The Kier molecular flexibility index (Phi) is 5.65. The number of nitrogens with zero attached hydrogens (tertiary/aromatic N) is 1. The molecule has 0 amide bonds. The molecule has 0 spiro atoms. The topological polar surface area (TPSA) is 24.5 Å². The van der Waals surface area contributed by atoms with Crippen LogP contribution < -0.4 is 5.32 Å². The van der Waals surface area contributed by atoms with Crippen molar-refractivity contribution in [2.24, 2.45) is 5.92 Å². The van der Waals surface area contributed by atoms with Crippen LogP contribution in [-0.2, 0) is 4.74 Å². The molecule has 1 heterocycles. The normalized spacial score (nSPS) is 26.4. The maximum atomic E-state index is 12.0. The van der Waals surface area contributed by atoms with Crippen LogP contribution in [0.3, 0.4) is 0 Å². The van der Waals surface area contributed by atoms with E-state index in [9.17, 15) is 13.2 Å². The lowest BCUT2D eigenvalue weighted by molar-refractivity contribution is -0.325. The Morgan fingerprint density at radius 2 is 2.05 bits per heavy atom. The molecule has 3 nitrogen and oxygen atoms in total. The third-order valence-corrected chi connectivity index (χ3v) is 3.80.